The van der Waals surface area contributed by atoms with Gasteiger partial charge in [-0.3, -0.25) is 24.6 Å². The van der Waals surface area contributed by atoms with E-state index in [4.69, 9.17) is 14.2 Å². The summed E-state index contributed by atoms with van der Waals surface area (Å²) in [5, 5.41) is 10.6. The molecule has 10 nitrogen and oxygen atoms in total. The first-order valence-corrected chi connectivity index (χ1v) is 11.8. The minimum atomic E-state index is -0.798. The van der Waals surface area contributed by atoms with Crippen LogP contribution in [0.15, 0.2) is 77.7 Å². The summed E-state index contributed by atoms with van der Waals surface area (Å²) >= 11 is 0.814. The van der Waals surface area contributed by atoms with Crippen molar-refractivity contribution in [1.29, 1.82) is 0 Å². The number of nitro benzene ring substituents is 1. The molecule has 1 heterocycles. The van der Waals surface area contributed by atoms with Crippen LogP contribution in [0.25, 0.3) is 6.08 Å². The lowest BCUT2D eigenvalue weighted by molar-refractivity contribution is -0.384. The first-order chi connectivity index (χ1) is 17.9. The van der Waals surface area contributed by atoms with Gasteiger partial charge in [0.1, 0.15) is 12.4 Å². The molecule has 0 aliphatic carbocycles. The summed E-state index contributed by atoms with van der Waals surface area (Å²) in [6, 6.07) is 18.8. The summed E-state index contributed by atoms with van der Waals surface area (Å²) in [5.74, 6) is -0.311. The largest absolute Gasteiger partial charge is 0.493 e. The van der Waals surface area contributed by atoms with Gasteiger partial charge in [0, 0.05) is 12.1 Å². The maximum Gasteiger partial charge on any atom is 0.343 e. The average Bonchev–Trinajstić information content (AvgIpc) is 3.17. The van der Waals surface area contributed by atoms with Gasteiger partial charge in [0.25, 0.3) is 16.8 Å². The zero-order valence-corrected chi connectivity index (χ0v) is 20.3. The quantitative estimate of drug-likeness (QED) is 0.127. The Morgan fingerprint density at radius 2 is 1.81 bits per heavy atom. The molecule has 0 radical (unpaired) electrons. The summed E-state index contributed by atoms with van der Waals surface area (Å²) in [7, 11) is 1.38. The number of non-ortho nitro benzene ring substituents is 1. The third-order valence-corrected chi connectivity index (χ3v) is 6.09. The predicted octanol–water partition coefficient (Wildman–Crippen LogP) is 4.94. The van der Waals surface area contributed by atoms with E-state index in [2.05, 4.69) is 0 Å². The molecular formula is C26H20N2O8S. The Morgan fingerprint density at radius 1 is 1.03 bits per heavy atom. The molecule has 2 amide bonds. The molecule has 0 aromatic heterocycles. The van der Waals surface area contributed by atoms with E-state index in [1.807, 2.05) is 18.2 Å². The fourth-order valence-corrected chi connectivity index (χ4v) is 4.24. The van der Waals surface area contributed by atoms with Crippen LogP contribution in [-0.4, -0.2) is 47.2 Å². The Hall–Kier alpha value is -4.64. The first-order valence-electron chi connectivity index (χ1n) is 10.9. The highest BCUT2D eigenvalue weighted by molar-refractivity contribution is 8.18. The third-order valence-electron chi connectivity index (χ3n) is 5.18. The van der Waals surface area contributed by atoms with Crippen LogP contribution in [0.5, 0.6) is 17.2 Å². The number of benzene rings is 3. The van der Waals surface area contributed by atoms with Crippen molar-refractivity contribution in [3.63, 3.8) is 0 Å². The monoisotopic (exact) mass is 520 g/mol. The summed E-state index contributed by atoms with van der Waals surface area (Å²) in [5.41, 5.74) is 0.306. The molecule has 11 heteroatoms. The van der Waals surface area contributed by atoms with Crippen LogP contribution in [0, 0.1) is 10.1 Å². The lowest BCUT2D eigenvalue weighted by Crippen LogP contribution is -2.32. The van der Waals surface area contributed by atoms with Gasteiger partial charge in [-0.1, -0.05) is 30.3 Å². The highest BCUT2D eigenvalue weighted by Gasteiger charge is 2.34. The number of amides is 2. The Labute approximate surface area is 215 Å². The minimum absolute atomic E-state index is 0.00486. The van der Waals surface area contributed by atoms with Gasteiger partial charge in [-0.2, -0.15) is 0 Å². The second-order valence-electron chi connectivity index (χ2n) is 7.60. The number of imide groups is 1. The molecule has 3 aromatic carbocycles. The van der Waals surface area contributed by atoms with Crippen LogP contribution in [0.1, 0.15) is 15.9 Å². The van der Waals surface area contributed by atoms with Crippen LogP contribution < -0.4 is 14.2 Å². The second-order valence-corrected chi connectivity index (χ2v) is 8.60. The van der Waals surface area contributed by atoms with E-state index in [1.54, 1.807) is 24.3 Å². The van der Waals surface area contributed by atoms with Gasteiger partial charge in [0.2, 0.25) is 0 Å². The Kier molecular flexibility index (Phi) is 7.84. The molecular weight excluding hydrogens is 500 g/mol. The summed E-state index contributed by atoms with van der Waals surface area (Å²) < 4.78 is 16.3. The maximum atomic E-state index is 12.8. The molecule has 0 spiro atoms. The van der Waals surface area contributed by atoms with Gasteiger partial charge in [0.15, 0.2) is 11.5 Å². The van der Waals surface area contributed by atoms with Crippen molar-refractivity contribution in [3.05, 3.63) is 98.9 Å². The van der Waals surface area contributed by atoms with Crippen molar-refractivity contribution in [2.24, 2.45) is 0 Å². The third kappa shape index (κ3) is 6.14. The van der Waals surface area contributed by atoms with Crippen molar-refractivity contribution < 1.29 is 33.5 Å². The van der Waals surface area contributed by atoms with E-state index in [0.29, 0.717) is 11.3 Å². The number of thioether (sulfide) groups is 1. The van der Waals surface area contributed by atoms with Gasteiger partial charge in [-0.15, -0.1) is 0 Å². The van der Waals surface area contributed by atoms with Crippen molar-refractivity contribution in [1.82, 2.24) is 4.90 Å². The van der Waals surface area contributed by atoms with Crippen LogP contribution >= 0.6 is 11.8 Å². The summed E-state index contributed by atoms with van der Waals surface area (Å²) in [6.45, 7) is 0.264. The molecule has 1 aliphatic rings. The number of methoxy groups -OCH3 is 1. The molecule has 3 aromatic rings. The molecule has 0 atom stereocenters. The molecule has 0 saturated carbocycles. The Morgan fingerprint density at radius 3 is 2.54 bits per heavy atom. The number of ether oxygens (including phenoxy) is 3. The number of nitro groups is 1. The summed E-state index contributed by atoms with van der Waals surface area (Å²) in [4.78, 5) is 49.3. The molecule has 0 bridgehead atoms. The zero-order chi connectivity index (χ0) is 26.4. The maximum absolute atomic E-state index is 12.8. The molecule has 37 heavy (non-hydrogen) atoms. The molecule has 0 unspecified atom stereocenters. The van der Waals surface area contributed by atoms with E-state index in [0.717, 1.165) is 22.7 Å². The molecule has 4 rings (SSSR count). The van der Waals surface area contributed by atoms with Crippen LogP contribution in [0.3, 0.4) is 0 Å². The molecule has 1 aliphatic heterocycles. The van der Waals surface area contributed by atoms with Crippen molar-refractivity contribution >= 4 is 40.6 Å². The summed E-state index contributed by atoms with van der Waals surface area (Å²) in [6.07, 6.45) is 1.54. The van der Waals surface area contributed by atoms with E-state index >= 15 is 0 Å². The zero-order valence-electron chi connectivity index (χ0n) is 19.5. The fraction of sp³-hybridized carbons (Fsp3) is 0.115. The van der Waals surface area contributed by atoms with Gasteiger partial charge in [0.05, 0.1) is 29.0 Å². The Bertz CT molecular complexity index is 1390. The van der Waals surface area contributed by atoms with Crippen LogP contribution in [0.2, 0.25) is 0 Å². The topological polar surface area (TPSA) is 125 Å². The van der Waals surface area contributed by atoms with Crippen molar-refractivity contribution in [2.45, 2.75) is 0 Å². The smallest absolute Gasteiger partial charge is 0.343 e. The Balaban J connectivity index is 1.44. The normalized spacial score (nSPS) is 14.1. The van der Waals surface area contributed by atoms with Crippen LogP contribution in [-0.2, 0) is 4.79 Å². The lowest BCUT2D eigenvalue weighted by Gasteiger charge is -2.13. The number of rotatable bonds is 9. The number of carbonyl (C=O) groups excluding carboxylic acids is 3. The fourth-order valence-electron chi connectivity index (χ4n) is 3.38. The first kappa shape index (κ1) is 25.5. The van der Waals surface area contributed by atoms with E-state index in [1.165, 1.54) is 37.5 Å². The van der Waals surface area contributed by atoms with Gasteiger partial charge in [-0.05, 0) is 53.7 Å². The number of para-hydroxylation sites is 1. The van der Waals surface area contributed by atoms with Gasteiger partial charge < -0.3 is 14.2 Å². The van der Waals surface area contributed by atoms with Gasteiger partial charge >= 0.3 is 5.97 Å². The minimum Gasteiger partial charge on any atom is -0.493 e. The number of esters is 1. The van der Waals surface area contributed by atoms with Crippen molar-refractivity contribution in [3.8, 4) is 17.2 Å². The van der Waals surface area contributed by atoms with Crippen LogP contribution in [0.4, 0.5) is 10.5 Å². The highest BCUT2D eigenvalue weighted by Crippen LogP contribution is 2.35. The molecule has 1 fully saturated rings. The highest BCUT2D eigenvalue weighted by atomic mass is 32.2. The number of nitrogens with zero attached hydrogens (tertiary/aromatic N) is 2. The molecule has 1 saturated heterocycles. The molecule has 0 N–H and O–H groups in total. The second kappa shape index (κ2) is 11.4. The van der Waals surface area contributed by atoms with Gasteiger partial charge in [-0.25, -0.2) is 4.79 Å². The number of hydrogen-bond acceptors (Lipinski definition) is 9. The SMILES string of the molecule is COc1cc(/C=C2\SC(=O)N(CCOc3ccccc3)C2=O)ccc1OC(=O)c1cccc([N+](=O)[O-])c1. The van der Waals surface area contributed by atoms with E-state index in [-0.39, 0.29) is 40.8 Å². The van der Waals surface area contributed by atoms with E-state index in [9.17, 15) is 24.5 Å². The standard InChI is InChI=1S/C26H20N2O8S/c1-34-22-14-17(10-11-21(22)36-25(30)18-6-5-7-19(16-18)28(32)33)15-23-24(29)27(26(31)37-23)12-13-35-20-8-3-2-4-9-20/h2-11,14-16H,12-13H2,1H3/b23-15-. The van der Waals surface area contributed by atoms with E-state index < -0.39 is 22.0 Å². The average molecular weight is 521 g/mol. The number of carbonyl (C=O) groups is 3. The lowest BCUT2D eigenvalue weighted by atomic mass is 10.1. The molecule has 188 valence electrons. The predicted molar refractivity (Wildman–Crippen MR) is 136 cm³/mol. The van der Waals surface area contributed by atoms with Crippen molar-refractivity contribution in [2.75, 3.05) is 20.3 Å². The number of hydrogen-bond donors (Lipinski definition) is 0.